The topological polar surface area (TPSA) is 223 Å². The number of nitrogens with zero attached hydrogens (tertiary/aromatic N) is 5. The van der Waals surface area contributed by atoms with Gasteiger partial charge in [0, 0.05) is 25.2 Å². The van der Waals surface area contributed by atoms with Gasteiger partial charge in [-0.05, 0) is 40.6 Å². The molecule has 0 aliphatic carbocycles. The number of β-lactam (4-membered cyclic amide) rings is 1. The van der Waals surface area contributed by atoms with Crippen LogP contribution in [0.3, 0.4) is 0 Å². The van der Waals surface area contributed by atoms with Gasteiger partial charge in [-0.3, -0.25) is 14.5 Å². The highest BCUT2D eigenvalue weighted by molar-refractivity contribution is 8.01. The minimum absolute atomic E-state index is 0.0197. The van der Waals surface area contributed by atoms with E-state index in [1.54, 1.807) is 4.68 Å². The van der Waals surface area contributed by atoms with Crippen LogP contribution in [-0.4, -0.2) is 100 Å². The lowest BCUT2D eigenvalue weighted by Crippen LogP contribution is -2.81. The van der Waals surface area contributed by atoms with Gasteiger partial charge in [-0.15, -0.1) is 16.9 Å². The standard InChI is InChI=1S/C20H23N7O6S2.C2HF3O2/c1-3-26-19(23-24-25-26)35-9-11-8-34-18-20(33-2,17(32)27(18)14(11)16(30)31)22-15(29)13(21)10-4-6-12(28)7-5-10;3-2(4,5)1(6)7/h4-7,13,18,28H,3,8-9,21H2,1-2H3,(H,22,29)(H,30,31);(H,6,7)/t13?,18-,20+;/m1./s1. The summed E-state index contributed by atoms with van der Waals surface area (Å²) >= 11 is 2.55. The molecule has 228 valence electrons. The monoisotopic (exact) mass is 635 g/mol. The minimum Gasteiger partial charge on any atom is -0.508 e. The number of hydrogen-bond donors (Lipinski definition) is 5. The Balaban J connectivity index is 0.000000616. The molecule has 1 unspecified atom stereocenters. The SMILES string of the molecule is CCn1nnnc1SCC1=C(C(=O)O)N2C(=O)[C@](NC(=O)C(N)c3ccc(O)cc3)(OC)[C@H]2SC1.O=C(O)C(F)(F)F. The molecular formula is C22H24F3N7O8S2. The first kappa shape index (κ1) is 32.6. The number of hydrogen-bond acceptors (Lipinski definition) is 12. The summed E-state index contributed by atoms with van der Waals surface area (Å²) in [6.07, 6.45) is -5.08. The van der Waals surface area contributed by atoms with Crippen molar-refractivity contribution in [2.24, 2.45) is 5.73 Å². The molecule has 2 amide bonds. The number of aromatic hydroxyl groups is 1. The van der Waals surface area contributed by atoms with Crippen LogP contribution in [0.15, 0.2) is 40.7 Å². The van der Waals surface area contributed by atoms with Gasteiger partial charge in [0.1, 0.15) is 22.9 Å². The zero-order valence-electron chi connectivity index (χ0n) is 21.7. The van der Waals surface area contributed by atoms with Gasteiger partial charge in [0.2, 0.25) is 11.1 Å². The molecule has 1 fully saturated rings. The molecule has 0 bridgehead atoms. The first-order valence-electron chi connectivity index (χ1n) is 11.7. The van der Waals surface area contributed by atoms with Crippen LogP contribution in [0.5, 0.6) is 5.75 Å². The summed E-state index contributed by atoms with van der Waals surface area (Å²) in [5.74, 6) is -4.82. The Labute approximate surface area is 243 Å². The maximum Gasteiger partial charge on any atom is 0.490 e. The number of rotatable bonds is 9. The Morgan fingerprint density at radius 3 is 2.43 bits per heavy atom. The molecule has 2 aliphatic rings. The average molecular weight is 636 g/mol. The Hall–Kier alpha value is -3.88. The minimum atomic E-state index is -5.08. The predicted molar refractivity (Wildman–Crippen MR) is 139 cm³/mol. The zero-order valence-corrected chi connectivity index (χ0v) is 23.4. The van der Waals surface area contributed by atoms with Crippen molar-refractivity contribution in [3.63, 3.8) is 0 Å². The Morgan fingerprint density at radius 1 is 1.29 bits per heavy atom. The number of aliphatic carboxylic acids is 2. The second-order valence-corrected chi connectivity index (χ2v) is 10.5. The van der Waals surface area contributed by atoms with E-state index in [2.05, 4.69) is 20.8 Å². The summed E-state index contributed by atoms with van der Waals surface area (Å²) < 4.78 is 38.8. The molecule has 1 aromatic heterocycles. The van der Waals surface area contributed by atoms with Crippen LogP contribution in [-0.2, 0) is 30.5 Å². The molecule has 0 radical (unpaired) electrons. The summed E-state index contributed by atoms with van der Waals surface area (Å²) in [6, 6.07) is 4.64. The first-order chi connectivity index (χ1) is 19.7. The van der Waals surface area contributed by atoms with Crippen molar-refractivity contribution in [3.8, 4) is 5.75 Å². The molecule has 15 nitrogen and oxygen atoms in total. The number of thioether (sulfide) groups is 2. The fourth-order valence-electron chi connectivity index (χ4n) is 3.80. The number of carboxylic acids is 2. The van der Waals surface area contributed by atoms with Gasteiger partial charge in [0.15, 0.2) is 0 Å². The molecule has 4 rings (SSSR count). The summed E-state index contributed by atoms with van der Waals surface area (Å²) in [5, 5.41) is 40.2. The van der Waals surface area contributed by atoms with Gasteiger partial charge in [-0.25, -0.2) is 14.3 Å². The number of benzene rings is 1. The number of aromatic nitrogens is 4. The number of phenols is 1. The number of tetrazole rings is 1. The highest BCUT2D eigenvalue weighted by Crippen LogP contribution is 2.47. The normalized spacial score (nSPS) is 20.6. The van der Waals surface area contributed by atoms with E-state index in [1.165, 1.54) is 54.9 Å². The lowest BCUT2D eigenvalue weighted by molar-refractivity contribution is -0.192. The highest BCUT2D eigenvalue weighted by atomic mass is 32.2. The van der Waals surface area contributed by atoms with Crippen LogP contribution >= 0.6 is 23.5 Å². The number of methoxy groups -OCH3 is 1. The van der Waals surface area contributed by atoms with Crippen molar-refractivity contribution in [2.75, 3.05) is 18.6 Å². The molecule has 6 N–H and O–H groups in total. The third-order valence-electron chi connectivity index (χ3n) is 5.89. The number of amides is 2. The molecule has 20 heteroatoms. The summed E-state index contributed by atoms with van der Waals surface area (Å²) in [6.45, 7) is 2.44. The largest absolute Gasteiger partial charge is 0.508 e. The molecular weight excluding hydrogens is 611 g/mol. The summed E-state index contributed by atoms with van der Waals surface area (Å²) in [4.78, 5) is 48.3. The van der Waals surface area contributed by atoms with Crippen molar-refractivity contribution < 1.29 is 52.4 Å². The number of fused-ring (bicyclic) bond motifs is 1. The van der Waals surface area contributed by atoms with Crippen LogP contribution in [0.4, 0.5) is 13.2 Å². The first-order valence-corrected chi connectivity index (χ1v) is 13.7. The van der Waals surface area contributed by atoms with Crippen molar-refractivity contribution in [1.82, 2.24) is 30.4 Å². The fraction of sp³-hybridized carbons (Fsp3) is 0.409. The van der Waals surface area contributed by atoms with E-state index >= 15 is 0 Å². The van der Waals surface area contributed by atoms with E-state index in [1.807, 2.05) is 6.92 Å². The number of ether oxygens (including phenoxy) is 1. The smallest absolute Gasteiger partial charge is 0.490 e. The van der Waals surface area contributed by atoms with Gasteiger partial charge in [-0.2, -0.15) is 13.2 Å². The van der Waals surface area contributed by atoms with E-state index in [9.17, 15) is 37.8 Å². The van der Waals surface area contributed by atoms with Crippen LogP contribution in [0.25, 0.3) is 0 Å². The number of aryl methyl sites for hydroxylation is 1. The quantitative estimate of drug-likeness (QED) is 0.144. The third-order valence-corrected chi connectivity index (χ3v) is 8.31. The van der Waals surface area contributed by atoms with Crippen LogP contribution < -0.4 is 11.1 Å². The van der Waals surface area contributed by atoms with Crippen LogP contribution in [0.2, 0.25) is 0 Å². The lowest BCUT2D eigenvalue weighted by Gasteiger charge is -2.56. The third kappa shape index (κ3) is 6.61. The predicted octanol–water partition coefficient (Wildman–Crippen LogP) is 0.537. The highest BCUT2D eigenvalue weighted by Gasteiger charge is 2.66. The Bertz CT molecular complexity index is 1390. The van der Waals surface area contributed by atoms with E-state index < -0.39 is 47.1 Å². The number of phenolic OH excluding ortho intramolecular Hbond substituents is 1. The summed E-state index contributed by atoms with van der Waals surface area (Å²) in [7, 11) is 1.27. The van der Waals surface area contributed by atoms with Crippen LogP contribution in [0.1, 0.15) is 18.5 Å². The van der Waals surface area contributed by atoms with Crippen LogP contribution in [0, 0.1) is 0 Å². The molecule has 0 spiro atoms. The number of halogens is 3. The van der Waals surface area contributed by atoms with Gasteiger partial charge in [0.05, 0.1) is 0 Å². The number of carbonyl (C=O) groups excluding carboxylic acids is 2. The average Bonchev–Trinajstić information content (AvgIpc) is 3.41. The maximum atomic E-state index is 13.2. The van der Waals surface area contributed by atoms with E-state index in [-0.39, 0.29) is 17.2 Å². The van der Waals surface area contributed by atoms with E-state index in [0.717, 1.165) is 4.90 Å². The molecule has 2 aliphatic heterocycles. The molecule has 42 heavy (non-hydrogen) atoms. The zero-order chi connectivity index (χ0) is 31.4. The number of carbonyl (C=O) groups is 4. The maximum absolute atomic E-state index is 13.2. The van der Waals surface area contributed by atoms with Crippen molar-refractivity contribution in [2.45, 2.75) is 41.9 Å². The number of nitrogens with one attached hydrogen (secondary N) is 1. The van der Waals surface area contributed by atoms with Crippen molar-refractivity contribution in [1.29, 1.82) is 0 Å². The number of carboxylic acid groups (broad SMARTS) is 2. The van der Waals surface area contributed by atoms with Gasteiger partial charge >= 0.3 is 18.1 Å². The second kappa shape index (κ2) is 13.0. The van der Waals surface area contributed by atoms with E-state index in [4.69, 9.17) is 20.4 Å². The Morgan fingerprint density at radius 2 is 1.90 bits per heavy atom. The molecule has 1 saturated heterocycles. The fourth-order valence-corrected chi connectivity index (χ4v) is 6.32. The molecule has 0 saturated carbocycles. The summed E-state index contributed by atoms with van der Waals surface area (Å²) in [5.41, 5.74) is 5.09. The van der Waals surface area contributed by atoms with Gasteiger partial charge in [0.25, 0.3) is 11.6 Å². The molecule has 2 aromatic rings. The Kier molecular flexibility index (Phi) is 10.1. The van der Waals surface area contributed by atoms with Crippen molar-refractivity contribution >= 4 is 47.3 Å². The lowest BCUT2D eigenvalue weighted by atomic mass is 9.97. The van der Waals surface area contributed by atoms with Gasteiger partial charge in [-0.1, -0.05) is 23.9 Å². The number of nitrogens with two attached hydrogens (primary N) is 1. The van der Waals surface area contributed by atoms with Crippen molar-refractivity contribution in [3.05, 3.63) is 41.1 Å². The molecule has 3 atom stereocenters. The van der Waals surface area contributed by atoms with E-state index in [0.29, 0.717) is 28.6 Å². The van der Waals surface area contributed by atoms with Gasteiger partial charge < -0.3 is 31.1 Å². The molecule has 3 heterocycles. The molecule has 1 aromatic carbocycles. The number of alkyl halides is 3. The second-order valence-electron chi connectivity index (χ2n) is 8.46.